The number of ether oxygens (including phenoxy) is 1. The molecule has 0 radical (unpaired) electrons. The van der Waals surface area contributed by atoms with Gasteiger partial charge in [-0.1, -0.05) is 44.2 Å². The molecule has 3 aromatic rings. The van der Waals surface area contributed by atoms with Crippen LogP contribution in [-0.2, 0) is 18.9 Å². The Labute approximate surface area is 169 Å². The van der Waals surface area contributed by atoms with Gasteiger partial charge in [0.1, 0.15) is 12.4 Å². The highest BCUT2D eigenvalue weighted by Gasteiger charge is 2.13. The van der Waals surface area contributed by atoms with Gasteiger partial charge in [0.15, 0.2) is 5.69 Å². The molecule has 2 aromatic carbocycles. The summed E-state index contributed by atoms with van der Waals surface area (Å²) >= 11 is 1.64. The molecule has 146 valence electrons. The van der Waals surface area contributed by atoms with Gasteiger partial charge in [0.25, 0.3) is 5.56 Å². The average Bonchev–Trinajstić information content (AvgIpc) is 2.74. The van der Waals surface area contributed by atoms with E-state index in [1.54, 1.807) is 16.3 Å². The van der Waals surface area contributed by atoms with Crippen LogP contribution in [0.15, 0.2) is 59.4 Å². The Morgan fingerprint density at radius 1 is 1.04 bits per heavy atom. The molecule has 6 nitrogen and oxygen atoms in total. The van der Waals surface area contributed by atoms with Crippen molar-refractivity contribution in [2.75, 3.05) is 11.1 Å². The summed E-state index contributed by atoms with van der Waals surface area (Å²) in [5.41, 5.74) is 2.21. The molecule has 0 amide bonds. The van der Waals surface area contributed by atoms with Crippen LogP contribution in [-0.4, -0.2) is 20.5 Å². The lowest BCUT2D eigenvalue weighted by Gasteiger charge is -2.14. The van der Waals surface area contributed by atoms with Crippen molar-refractivity contribution in [3.63, 3.8) is 0 Å². The lowest BCUT2D eigenvalue weighted by molar-refractivity contribution is 0.296. The third-order valence-electron chi connectivity index (χ3n) is 4.17. The summed E-state index contributed by atoms with van der Waals surface area (Å²) < 4.78 is 7.28. The largest absolute Gasteiger partial charge is 0.487 e. The number of hydrogen-bond donors (Lipinski definition) is 1. The highest BCUT2D eigenvalue weighted by atomic mass is 32.2. The zero-order chi connectivity index (χ0) is 19.8. The molecule has 0 aliphatic carbocycles. The second kappa shape index (κ2) is 9.94. The van der Waals surface area contributed by atoms with Crippen LogP contribution in [0.25, 0.3) is 0 Å². The number of anilines is 2. The average molecular weight is 397 g/mol. The summed E-state index contributed by atoms with van der Waals surface area (Å²) in [5.74, 6) is 2.52. The van der Waals surface area contributed by atoms with E-state index in [4.69, 9.17) is 4.74 Å². The van der Waals surface area contributed by atoms with Crippen molar-refractivity contribution < 1.29 is 4.74 Å². The molecule has 0 fully saturated rings. The SMILES string of the molecule is CCSCn1c(Nc2ccc(CC)cc2)nnc(COc2ccccc2)c1=O. The van der Waals surface area contributed by atoms with E-state index < -0.39 is 0 Å². The molecule has 7 heteroatoms. The monoisotopic (exact) mass is 396 g/mol. The minimum Gasteiger partial charge on any atom is -0.487 e. The molecule has 0 unspecified atom stereocenters. The quantitative estimate of drug-likeness (QED) is 0.584. The van der Waals surface area contributed by atoms with Crippen LogP contribution in [0.1, 0.15) is 25.1 Å². The van der Waals surface area contributed by atoms with Crippen LogP contribution < -0.4 is 15.6 Å². The van der Waals surface area contributed by atoms with E-state index in [1.807, 2.05) is 42.5 Å². The maximum absolute atomic E-state index is 12.9. The van der Waals surface area contributed by atoms with Crippen LogP contribution in [0, 0.1) is 0 Å². The van der Waals surface area contributed by atoms with E-state index in [2.05, 4.69) is 41.5 Å². The summed E-state index contributed by atoms with van der Waals surface area (Å²) in [7, 11) is 0. The summed E-state index contributed by atoms with van der Waals surface area (Å²) in [6.07, 6.45) is 0.980. The summed E-state index contributed by atoms with van der Waals surface area (Å²) in [5, 5.41) is 11.6. The summed E-state index contributed by atoms with van der Waals surface area (Å²) in [6.45, 7) is 4.25. The minimum absolute atomic E-state index is 0.0815. The van der Waals surface area contributed by atoms with Gasteiger partial charge in [-0.25, -0.2) is 0 Å². The predicted octanol–water partition coefficient (Wildman–Crippen LogP) is 4.23. The minimum atomic E-state index is -0.195. The maximum atomic E-state index is 12.9. The lowest BCUT2D eigenvalue weighted by Crippen LogP contribution is -2.29. The van der Waals surface area contributed by atoms with E-state index in [0.717, 1.165) is 17.9 Å². The Kier molecular flexibility index (Phi) is 7.08. The number of rotatable bonds is 9. The van der Waals surface area contributed by atoms with Gasteiger partial charge in [0.2, 0.25) is 5.95 Å². The van der Waals surface area contributed by atoms with Crippen molar-refractivity contribution in [2.24, 2.45) is 0 Å². The smallest absolute Gasteiger partial charge is 0.281 e. The molecule has 0 saturated heterocycles. The predicted molar refractivity (Wildman–Crippen MR) is 114 cm³/mol. The van der Waals surface area contributed by atoms with Gasteiger partial charge in [0.05, 0.1) is 5.88 Å². The first-order valence-corrected chi connectivity index (χ1v) is 10.4. The van der Waals surface area contributed by atoms with Crippen molar-refractivity contribution in [1.82, 2.24) is 14.8 Å². The van der Waals surface area contributed by atoms with Crippen LogP contribution in [0.3, 0.4) is 0 Å². The lowest BCUT2D eigenvalue weighted by atomic mass is 10.1. The molecule has 1 heterocycles. The van der Waals surface area contributed by atoms with Gasteiger partial charge in [-0.2, -0.15) is 0 Å². The highest BCUT2D eigenvalue weighted by Crippen LogP contribution is 2.17. The first-order chi connectivity index (χ1) is 13.7. The standard InChI is InChI=1S/C21H24N4O2S/c1-3-16-10-12-17(13-11-16)22-21-24-23-19(20(26)25(21)15-28-4-2)14-27-18-8-6-5-7-9-18/h5-13H,3-4,14-15H2,1-2H3,(H,22,24). The molecule has 0 aliphatic heterocycles. The maximum Gasteiger partial charge on any atom is 0.281 e. The zero-order valence-electron chi connectivity index (χ0n) is 16.1. The number of aromatic nitrogens is 3. The molecular weight excluding hydrogens is 372 g/mol. The Morgan fingerprint density at radius 3 is 2.46 bits per heavy atom. The number of nitrogens with one attached hydrogen (secondary N) is 1. The highest BCUT2D eigenvalue weighted by molar-refractivity contribution is 7.98. The van der Waals surface area contributed by atoms with Crippen molar-refractivity contribution in [1.29, 1.82) is 0 Å². The van der Waals surface area contributed by atoms with Crippen molar-refractivity contribution >= 4 is 23.4 Å². The molecule has 0 spiro atoms. The third kappa shape index (κ3) is 5.13. The first-order valence-electron chi connectivity index (χ1n) is 9.29. The number of hydrogen-bond acceptors (Lipinski definition) is 6. The molecule has 3 rings (SSSR count). The fourth-order valence-electron chi connectivity index (χ4n) is 2.56. The first kappa shape index (κ1) is 19.9. The molecule has 1 N–H and O–H groups in total. The van der Waals surface area contributed by atoms with Crippen LogP contribution in [0.2, 0.25) is 0 Å². The third-order valence-corrected chi connectivity index (χ3v) is 5.02. The van der Waals surface area contributed by atoms with Crippen LogP contribution in [0.4, 0.5) is 11.6 Å². The molecule has 0 bridgehead atoms. The zero-order valence-corrected chi connectivity index (χ0v) is 16.9. The van der Waals surface area contributed by atoms with Gasteiger partial charge in [-0.15, -0.1) is 22.0 Å². The van der Waals surface area contributed by atoms with Crippen molar-refractivity contribution in [3.05, 3.63) is 76.2 Å². The Morgan fingerprint density at radius 2 is 1.79 bits per heavy atom. The summed E-state index contributed by atoms with van der Waals surface area (Å²) in [4.78, 5) is 12.9. The van der Waals surface area contributed by atoms with Gasteiger partial charge in [-0.3, -0.25) is 9.36 Å². The topological polar surface area (TPSA) is 69.0 Å². The van der Waals surface area contributed by atoms with Gasteiger partial charge >= 0.3 is 0 Å². The molecule has 28 heavy (non-hydrogen) atoms. The molecule has 0 saturated carbocycles. The molecule has 1 aromatic heterocycles. The van der Waals surface area contributed by atoms with Crippen molar-refractivity contribution in [2.45, 2.75) is 32.8 Å². The Hall–Kier alpha value is -2.80. The molecule has 0 atom stereocenters. The van der Waals surface area contributed by atoms with Gasteiger partial charge < -0.3 is 10.1 Å². The van der Waals surface area contributed by atoms with E-state index in [1.165, 1.54) is 5.56 Å². The van der Waals surface area contributed by atoms with Crippen LogP contribution >= 0.6 is 11.8 Å². The van der Waals surface area contributed by atoms with Crippen molar-refractivity contribution in [3.8, 4) is 5.75 Å². The second-order valence-corrected chi connectivity index (χ2v) is 7.35. The number of nitrogens with zero attached hydrogens (tertiary/aromatic N) is 3. The fraction of sp³-hybridized carbons (Fsp3) is 0.286. The van der Waals surface area contributed by atoms with E-state index in [-0.39, 0.29) is 17.9 Å². The number of para-hydroxylation sites is 1. The van der Waals surface area contributed by atoms with E-state index in [0.29, 0.717) is 17.6 Å². The van der Waals surface area contributed by atoms with Gasteiger partial charge in [0, 0.05) is 5.69 Å². The Balaban J connectivity index is 1.82. The number of aryl methyl sites for hydroxylation is 1. The van der Waals surface area contributed by atoms with Gasteiger partial charge in [-0.05, 0) is 42.0 Å². The number of benzene rings is 2. The van der Waals surface area contributed by atoms with E-state index >= 15 is 0 Å². The fourth-order valence-corrected chi connectivity index (χ4v) is 3.17. The van der Waals surface area contributed by atoms with Crippen LogP contribution in [0.5, 0.6) is 5.75 Å². The number of thioether (sulfide) groups is 1. The molecule has 0 aliphatic rings. The summed E-state index contributed by atoms with van der Waals surface area (Å²) in [6, 6.07) is 17.4. The van der Waals surface area contributed by atoms with E-state index in [9.17, 15) is 4.79 Å². The second-order valence-electron chi connectivity index (χ2n) is 6.10. The Bertz CT molecular complexity index is 943. The normalized spacial score (nSPS) is 10.6. The molecular formula is C21H24N4O2S.